The van der Waals surface area contributed by atoms with Crippen LogP contribution < -0.4 is 0 Å². The Balaban J connectivity index is 2.39. The molecule has 4 heteroatoms. The minimum Gasteiger partial charge on any atom is -0.342 e. The van der Waals surface area contributed by atoms with Gasteiger partial charge in [-0.15, -0.1) is 0 Å². The van der Waals surface area contributed by atoms with E-state index < -0.39 is 0 Å². The van der Waals surface area contributed by atoms with Crippen LogP contribution in [0.1, 0.15) is 27.2 Å². The van der Waals surface area contributed by atoms with E-state index in [2.05, 4.69) is 11.8 Å². The van der Waals surface area contributed by atoms with Gasteiger partial charge in [0.2, 0.25) is 11.6 Å². The summed E-state index contributed by atoms with van der Waals surface area (Å²) in [7, 11) is 0. The number of amides is 1. The van der Waals surface area contributed by atoms with Crippen LogP contribution in [0.3, 0.4) is 0 Å². The lowest BCUT2D eigenvalue weighted by Gasteiger charge is -2.49. The average Bonchev–Trinajstić information content (AvgIpc) is 2.33. The smallest absolute Gasteiger partial charge is 0.226 e. The highest BCUT2D eigenvalue weighted by Crippen LogP contribution is 2.46. The van der Waals surface area contributed by atoms with Crippen molar-refractivity contribution in [2.75, 3.05) is 13.1 Å². The molecule has 0 bridgehead atoms. The second kappa shape index (κ2) is 4.24. The molecule has 96 valence electrons. The Morgan fingerprint density at radius 2 is 2.28 bits per heavy atom. The van der Waals surface area contributed by atoms with Crippen LogP contribution in [0.2, 0.25) is 0 Å². The van der Waals surface area contributed by atoms with E-state index in [1.165, 1.54) is 0 Å². The molecule has 0 spiro atoms. The molecule has 1 aliphatic heterocycles. The van der Waals surface area contributed by atoms with E-state index in [0.717, 1.165) is 6.42 Å². The number of rotatable bonds is 0. The molecule has 18 heavy (non-hydrogen) atoms. The zero-order valence-electron chi connectivity index (χ0n) is 11.1. The van der Waals surface area contributed by atoms with Crippen LogP contribution in [0.25, 0.3) is 4.85 Å². The molecule has 0 N–H and O–H groups in total. The number of Topliss-reactive ketones (excluding diaryl/α,β-unsaturated/α-hetero) is 1. The van der Waals surface area contributed by atoms with Gasteiger partial charge < -0.3 is 9.69 Å². The molecule has 2 rings (SSSR count). The number of carbonyl (C=O) groups excluding carboxylic acids is 2. The molecule has 2 aliphatic rings. The third kappa shape index (κ3) is 1.84. The highest BCUT2D eigenvalue weighted by atomic mass is 16.2. The van der Waals surface area contributed by atoms with Crippen LogP contribution in [0.4, 0.5) is 0 Å². The van der Waals surface area contributed by atoms with E-state index in [-0.39, 0.29) is 34.6 Å². The van der Waals surface area contributed by atoms with Gasteiger partial charge in [0.1, 0.15) is 0 Å². The molecule has 0 radical (unpaired) electrons. The fourth-order valence-electron chi connectivity index (χ4n) is 3.36. The number of likely N-dealkylation sites (tertiary alicyclic amines) is 1. The summed E-state index contributed by atoms with van der Waals surface area (Å²) < 4.78 is 0. The van der Waals surface area contributed by atoms with Crippen molar-refractivity contribution in [3.63, 3.8) is 0 Å². The summed E-state index contributed by atoms with van der Waals surface area (Å²) in [6, 6.07) is 0. The minimum atomic E-state index is -0.239. The van der Waals surface area contributed by atoms with Gasteiger partial charge in [0.15, 0.2) is 5.78 Å². The van der Waals surface area contributed by atoms with Gasteiger partial charge in [-0.25, -0.2) is 4.85 Å². The topological polar surface area (TPSA) is 41.7 Å². The molecule has 0 aromatic rings. The molecule has 0 aromatic carbocycles. The first kappa shape index (κ1) is 12.8. The monoisotopic (exact) mass is 246 g/mol. The summed E-state index contributed by atoms with van der Waals surface area (Å²) in [5.74, 6) is 0.157. The number of allylic oxidation sites excluding steroid dienone is 1. The maximum Gasteiger partial charge on any atom is 0.226 e. The molecule has 0 unspecified atom stereocenters. The molecule has 4 nitrogen and oxygen atoms in total. The summed E-state index contributed by atoms with van der Waals surface area (Å²) in [6.45, 7) is 14.0. The van der Waals surface area contributed by atoms with Crippen LogP contribution in [0.15, 0.2) is 11.8 Å². The standard InChI is InChI=1S/C14H18N2O2/c1-9-11-5-6-16(10(2)17)8-14(11,3)7-12(15-4)13(9)18/h7,9,11H,5-6,8H2,1-3H3/t9-,11-,14+/m0/s1. The normalized spacial score (nSPS) is 35.6. The number of hydrogen-bond donors (Lipinski definition) is 0. The number of hydrogen-bond acceptors (Lipinski definition) is 2. The first-order valence-corrected chi connectivity index (χ1v) is 6.29. The molecule has 1 saturated heterocycles. The van der Waals surface area contributed by atoms with Crippen molar-refractivity contribution in [3.05, 3.63) is 23.2 Å². The lowest BCUT2D eigenvalue weighted by molar-refractivity contribution is -0.135. The molecular weight excluding hydrogens is 228 g/mol. The highest BCUT2D eigenvalue weighted by Gasteiger charge is 2.47. The molecule has 1 aliphatic carbocycles. The number of carbonyl (C=O) groups is 2. The van der Waals surface area contributed by atoms with Crippen molar-refractivity contribution < 1.29 is 9.59 Å². The van der Waals surface area contributed by atoms with E-state index in [0.29, 0.717) is 13.1 Å². The summed E-state index contributed by atoms with van der Waals surface area (Å²) in [4.78, 5) is 28.7. The SMILES string of the molecule is [C-]#[N+]C1=C[C@]2(C)CN(C(C)=O)CC[C@H]2[C@H](C)C1=O. The second-order valence-corrected chi connectivity index (χ2v) is 5.64. The van der Waals surface area contributed by atoms with Crippen LogP contribution >= 0.6 is 0 Å². The van der Waals surface area contributed by atoms with Crippen molar-refractivity contribution in [2.24, 2.45) is 17.3 Å². The number of fused-ring (bicyclic) bond motifs is 1. The van der Waals surface area contributed by atoms with Crippen molar-refractivity contribution in [2.45, 2.75) is 27.2 Å². The molecule has 1 heterocycles. The van der Waals surface area contributed by atoms with Gasteiger partial charge in [-0.05, 0) is 17.8 Å². The first-order chi connectivity index (χ1) is 8.39. The summed E-state index contributed by atoms with van der Waals surface area (Å²) in [6.07, 6.45) is 2.63. The third-order valence-corrected chi connectivity index (χ3v) is 4.39. The minimum absolute atomic E-state index is 0.0382. The quantitative estimate of drug-likeness (QED) is 0.612. The van der Waals surface area contributed by atoms with E-state index in [4.69, 9.17) is 6.57 Å². The van der Waals surface area contributed by atoms with Gasteiger partial charge in [0.25, 0.3) is 0 Å². The zero-order valence-corrected chi connectivity index (χ0v) is 11.1. The maximum absolute atomic E-state index is 12.0. The van der Waals surface area contributed by atoms with Crippen molar-refractivity contribution in [1.82, 2.24) is 4.90 Å². The third-order valence-electron chi connectivity index (χ3n) is 4.39. The molecule has 0 saturated carbocycles. The fourth-order valence-corrected chi connectivity index (χ4v) is 3.36. The first-order valence-electron chi connectivity index (χ1n) is 6.29. The molecule has 1 amide bonds. The van der Waals surface area contributed by atoms with Crippen molar-refractivity contribution in [3.8, 4) is 0 Å². The Hall–Kier alpha value is -1.63. The summed E-state index contributed by atoms with van der Waals surface area (Å²) >= 11 is 0. The summed E-state index contributed by atoms with van der Waals surface area (Å²) in [5.41, 5.74) is 0.00331. The second-order valence-electron chi connectivity index (χ2n) is 5.64. The van der Waals surface area contributed by atoms with Crippen LogP contribution in [-0.4, -0.2) is 29.7 Å². The van der Waals surface area contributed by atoms with Gasteiger partial charge in [0, 0.05) is 25.9 Å². The predicted octanol–water partition coefficient (Wildman–Crippen LogP) is 1.88. The van der Waals surface area contributed by atoms with Gasteiger partial charge >= 0.3 is 0 Å². The van der Waals surface area contributed by atoms with Crippen molar-refractivity contribution in [1.29, 1.82) is 0 Å². The number of piperidine rings is 1. The number of ketones is 1. The van der Waals surface area contributed by atoms with E-state index in [1.807, 2.05) is 11.8 Å². The molecule has 3 atom stereocenters. The Bertz CT molecular complexity index is 475. The van der Waals surface area contributed by atoms with Gasteiger partial charge in [-0.3, -0.25) is 4.79 Å². The summed E-state index contributed by atoms with van der Waals surface area (Å²) in [5, 5.41) is 0. The van der Waals surface area contributed by atoms with Crippen LogP contribution in [0, 0.1) is 23.8 Å². The Morgan fingerprint density at radius 1 is 1.61 bits per heavy atom. The Morgan fingerprint density at radius 3 is 2.83 bits per heavy atom. The van der Waals surface area contributed by atoms with Gasteiger partial charge in [0.05, 0.1) is 6.57 Å². The average molecular weight is 246 g/mol. The maximum atomic E-state index is 12.0. The van der Waals surface area contributed by atoms with E-state index in [1.54, 1.807) is 13.0 Å². The van der Waals surface area contributed by atoms with Gasteiger partial charge in [-0.2, -0.15) is 0 Å². The molecule has 1 fully saturated rings. The van der Waals surface area contributed by atoms with Gasteiger partial charge in [-0.1, -0.05) is 19.9 Å². The largest absolute Gasteiger partial charge is 0.342 e. The molecule has 0 aromatic heterocycles. The van der Waals surface area contributed by atoms with Crippen LogP contribution in [0.5, 0.6) is 0 Å². The highest BCUT2D eigenvalue weighted by molar-refractivity contribution is 5.99. The Kier molecular flexibility index (Phi) is 3.02. The lowest BCUT2D eigenvalue weighted by Crippen LogP contribution is -2.52. The molecular formula is C14H18N2O2. The van der Waals surface area contributed by atoms with Crippen molar-refractivity contribution >= 4 is 11.7 Å². The fraction of sp³-hybridized carbons (Fsp3) is 0.643. The van der Waals surface area contributed by atoms with E-state index in [9.17, 15) is 9.59 Å². The van der Waals surface area contributed by atoms with E-state index >= 15 is 0 Å². The number of nitrogens with zero attached hydrogens (tertiary/aromatic N) is 2. The zero-order chi connectivity index (χ0) is 13.5. The Labute approximate surface area is 107 Å². The predicted molar refractivity (Wildman–Crippen MR) is 67.3 cm³/mol. The van der Waals surface area contributed by atoms with Crippen LogP contribution in [-0.2, 0) is 9.59 Å². The lowest BCUT2D eigenvalue weighted by atomic mass is 9.62.